The number of nitrogens with one attached hydrogen (secondary N) is 1. The molecule has 10 nitrogen and oxygen atoms in total. The maximum absolute atomic E-state index is 14.6. The number of hydrogen-bond donors (Lipinski definition) is 1. The third-order valence-electron chi connectivity index (χ3n) is 7.04. The molecule has 0 spiro atoms. The van der Waals surface area contributed by atoms with Gasteiger partial charge in [-0.05, 0) is 36.4 Å². The number of sulfonamides is 1. The van der Waals surface area contributed by atoms with Crippen molar-refractivity contribution in [3.05, 3.63) is 65.7 Å². The fourth-order valence-corrected chi connectivity index (χ4v) is 5.50. The van der Waals surface area contributed by atoms with E-state index in [2.05, 4.69) is 5.32 Å². The van der Waals surface area contributed by atoms with E-state index in [1.165, 1.54) is 33.2 Å². The molecule has 0 unspecified atom stereocenters. The Kier molecular flexibility index (Phi) is 5.70. The van der Waals surface area contributed by atoms with Crippen LogP contribution in [-0.4, -0.2) is 50.0 Å². The van der Waals surface area contributed by atoms with Crippen molar-refractivity contribution in [1.82, 2.24) is 14.9 Å². The molecule has 0 aliphatic carbocycles. The van der Waals surface area contributed by atoms with Gasteiger partial charge in [0, 0.05) is 43.4 Å². The molecule has 1 amide bonds. The first-order valence-corrected chi connectivity index (χ1v) is 14.0. The lowest BCUT2D eigenvalue weighted by molar-refractivity contribution is 0.0937. The molecular formula is C28H23FN4O6S. The van der Waals surface area contributed by atoms with Gasteiger partial charge in [0.1, 0.15) is 22.8 Å². The highest BCUT2D eigenvalue weighted by Crippen LogP contribution is 2.42. The van der Waals surface area contributed by atoms with Crippen LogP contribution in [-0.2, 0) is 16.8 Å². The van der Waals surface area contributed by atoms with E-state index in [0.717, 1.165) is 10.6 Å². The van der Waals surface area contributed by atoms with Crippen LogP contribution < -0.4 is 14.4 Å². The second-order valence-electron chi connectivity index (χ2n) is 9.48. The molecule has 0 fully saturated rings. The first-order chi connectivity index (χ1) is 19.0. The molecular weight excluding hydrogens is 539 g/mol. The lowest BCUT2D eigenvalue weighted by Crippen LogP contribution is -2.25. The monoisotopic (exact) mass is 562 g/mol. The lowest BCUT2D eigenvalue weighted by atomic mass is 10.0. The average Bonchev–Trinajstić information content (AvgIpc) is 3.50. The third kappa shape index (κ3) is 3.82. The zero-order valence-corrected chi connectivity index (χ0v) is 22.7. The summed E-state index contributed by atoms with van der Waals surface area (Å²) < 4.78 is 54.3. The van der Waals surface area contributed by atoms with Crippen LogP contribution in [0.5, 0.6) is 5.75 Å². The Morgan fingerprint density at radius 2 is 1.90 bits per heavy atom. The number of Topliss-reactive ketones (excluding diaryl/α,β-unsaturated/α-hetero) is 1. The predicted octanol–water partition coefficient (Wildman–Crippen LogP) is 4.56. The highest BCUT2D eigenvalue weighted by Gasteiger charge is 2.28. The zero-order valence-electron chi connectivity index (χ0n) is 21.9. The third-order valence-corrected chi connectivity index (χ3v) is 8.23. The van der Waals surface area contributed by atoms with Gasteiger partial charge >= 0.3 is 0 Å². The number of benzene rings is 2. The Labute approximate surface area is 228 Å². The summed E-state index contributed by atoms with van der Waals surface area (Å²) in [7, 11) is -0.916. The van der Waals surface area contributed by atoms with Gasteiger partial charge in [0.05, 0.1) is 34.4 Å². The SMILES string of the molecule is CNC(=O)c1c(C(C)=O)oc2cc(N(C)S(C)(=O)=O)c(-c3ccc4c(n3)-c3cc5c(F)cccc5n3CO4)cc12. The minimum atomic E-state index is -3.74. The van der Waals surface area contributed by atoms with E-state index in [9.17, 15) is 22.4 Å². The van der Waals surface area contributed by atoms with Gasteiger partial charge in [0.15, 0.2) is 18.3 Å². The number of halogens is 1. The van der Waals surface area contributed by atoms with E-state index >= 15 is 0 Å². The number of nitrogens with zero attached hydrogens (tertiary/aromatic N) is 3. The normalized spacial score (nSPS) is 12.6. The topological polar surface area (TPSA) is 124 Å². The van der Waals surface area contributed by atoms with Crippen molar-refractivity contribution in [2.75, 3.05) is 24.7 Å². The average molecular weight is 563 g/mol. The van der Waals surface area contributed by atoms with Gasteiger partial charge < -0.3 is 19.0 Å². The van der Waals surface area contributed by atoms with Crippen molar-refractivity contribution in [2.45, 2.75) is 13.7 Å². The van der Waals surface area contributed by atoms with E-state index in [0.29, 0.717) is 44.7 Å². The second-order valence-corrected chi connectivity index (χ2v) is 11.5. The number of aromatic nitrogens is 2. The molecule has 4 heterocycles. The maximum Gasteiger partial charge on any atom is 0.255 e. The van der Waals surface area contributed by atoms with Crippen LogP contribution in [0.4, 0.5) is 10.1 Å². The zero-order chi connectivity index (χ0) is 28.5. The summed E-state index contributed by atoms with van der Waals surface area (Å²) in [6.45, 7) is 1.45. The predicted molar refractivity (Wildman–Crippen MR) is 148 cm³/mol. The number of pyridine rings is 1. The molecule has 0 atom stereocenters. The number of carbonyl (C=O) groups excluding carboxylic acids is 2. The van der Waals surface area contributed by atoms with Gasteiger partial charge in [-0.3, -0.25) is 13.9 Å². The number of amides is 1. The molecule has 2 aromatic carbocycles. The Bertz CT molecular complexity index is 2010. The van der Waals surface area contributed by atoms with Crippen molar-refractivity contribution < 1.29 is 31.6 Å². The van der Waals surface area contributed by atoms with Crippen molar-refractivity contribution in [3.8, 4) is 28.4 Å². The maximum atomic E-state index is 14.6. The molecule has 40 heavy (non-hydrogen) atoms. The summed E-state index contributed by atoms with van der Waals surface area (Å²) in [6, 6.07) is 12.9. The fourth-order valence-electron chi connectivity index (χ4n) is 4.99. The van der Waals surface area contributed by atoms with Crippen LogP contribution in [0.1, 0.15) is 27.8 Å². The van der Waals surface area contributed by atoms with Crippen molar-refractivity contribution in [3.63, 3.8) is 0 Å². The number of furan rings is 1. The van der Waals surface area contributed by atoms with Gasteiger partial charge in [-0.25, -0.2) is 17.8 Å². The molecule has 204 valence electrons. The largest absolute Gasteiger partial charge is 0.470 e. The summed E-state index contributed by atoms with van der Waals surface area (Å²) >= 11 is 0. The number of carbonyl (C=O) groups is 2. The van der Waals surface area contributed by atoms with E-state index < -0.39 is 21.7 Å². The highest BCUT2D eigenvalue weighted by molar-refractivity contribution is 7.92. The number of ketones is 1. The first-order valence-electron chi connectivity index (χ1n) is 12.2. The number of ether oxygens (including phenoxy) is 1. The summed E-state index contributed by atoms with van der Waals surface area (Å²) in [5, 5.41) is 3.26. The van der Waals surface area contributed by atoms with Crippen molar-refractivity contribution in [1.29, 1.82) is 0 Å². The lowest BCUT2D eigenvalue weighted by Gasteiger charge is -2.23. The molecule has 0 radical (unpaired) electrons. The molecule has 1 aliphatic heterocycles. The Hall–Kier alpha value is -4.71. The van der Waals surface area contributed by atoms with Crippen LogP contribution in [0.25, 0.3) is 44.5 Å². The Morgan fingerprint density at radius 1 is 1.12 bits per heavy atom. The smallest absolute Gasteiger partial charge is 0.255 e. The summed E-state index contributed by atoms with van der Waals surface area (Å²) in [5.74, 6) is -1.02. The number of hydrogen-bond acceptors (Lipinski definition) is 7. The molecule has 0 saturated heterocycles. The summed E-state index contributed by atoms with van der Waals surface area (Å²) in [4.78, 5) is 29.9. The van der Waals surface area contributed by atoms with Gasteiger partial charge in [-0.15, -0.1) is 0 Å². The first kappa shape index (κ1) is 25.6. The standard InChI is InChI=1S/C28H23FN4O6S/c1-14(34)27-25(28(35)30-2)17-10-16(21(12-24(17)39-27)32(3)40(4,36)37)19-8-9-23-26(31-19)22-11-15-18(29)6-5-7-20(15)33(22)13-38-23/h5-12H,13H2,1-4H3,(H,30,35). The number of fused-ring (bicyclic) bond motifs is 6. The Balaban J connectivity index is 1.64. The van der Waals surface area contributed by atoms with Gasteiger partial charge in [-0.1, -0.05) is 6.07 Å². The van der Waals surface area contributed by atoms with Gasteiger partial charge in [-0.2, -0.15) is 0 Å². The van der Waals surface area contributed by atoms with Gasteiger partial charge in [0.25, 0.3) is 5.91 Å². The minimum absolute atomic E-state index is 0.0386. The Morgan fingerprint density at radius 3 is 2.60 bits per heavy atom. The van der Waals surface area contributed by atoms with Crippen molar-refractivity contribution >= 4 is 49.3 Å². The summed E-state index contributed by atoms with van der Waals surface area (Å²) in [6.07, 6.45) is 1.06. The van der Waals surface area contributed by atoms with E-state index in [1.54, 1.807) is 36.4 Å². The second kappa shape index (κ2) is 8.91. The fraction of sp³-hybridized carbons (Fsp3) is 0.179. The molecule has 0 saturated carbocycles. The molecule has 6 rings (SSSR count). The van der Waals surface area contributed by atoms with Crippen molar-refractivity contribution in [2.24, 2.45) is 0 Å². The van der Waals surface area contributed by atoms with Crippen LogP contribution in [0.2, 0.25) is 0 Å². The van der Waals surface area contributed by atoms with Crippen LogP contribution in [0.3, 0.4) is 0 Å². The quantitative estimate of drug-likeness (QED) is 0.312. The van der Waals surface area contributed by atoms with Crippen LogP contribution in [0, 0.1) is 5.82 Å². The van der Waals surface area contributed by atoms with Gasteiger partial charge in [0.2, 0.25) is 10.0 Å². The molecule has 3 aromatic heterocycles. The molecule has 12 heteroatoms. The van der Waals surface area contributed by atoms with Crippen LogP contribution in [0.15, 0.2) is 52.9 Å². The van der Waals surface area contributed by atoms with E-state index in [-0.39, 0.29) is 35.1 Å². The highest BCUT2D eigenvalue weighted by atomic mass is 32.2. The number of rotatable bonds is 5. The van der Waals surface area contributed by atoms with E-state index in [1.807, 2.05) is 4.57 Å². The molecule has 1 aliphatic rings. The van der Waals surface area contributed by atoms with E-state index in [4.69, 9.17) is 14.1 Å². The molecule has 0 bridgehead atoms. The number of anilines is 1. The summed E-state index contributed by atoms with van der Waals surface area (Å²) in [5.41, 5.74) is 2.87. The van der Waals surface area contributed by atoms with Crippen LogP contribution >= 0.6 is 0 Å². The molecule has 5 aromatic rings. The molecule has 1 N–H and O–H groups in total. The minimum Gasteiger partial charge on any atom is -0.470 e.